The second-order valence-electron chi connectivity index (χ2n) is 6.77. The fraction of sp³-hybridized carbons (Fsp3) is 0.217. The van der Waals surface area contributed by atoms with E-state index < -0.39 is 0 Å². The smallest absolute Gasteiger partial charge is 0.319 e. The third kappa shape index (κ3) is 6.24. The number of carbonyl (C=O) groups excluding carboxylic acids is 1. The summed E-state index contributed by atoms with van der Waals surface area (Å²) in [6.07, 6.45) is 1.73. The largest absolute Gasteiger partial charge is 0.487 e. The molecule has 0 spiro atoms. The van der Waals surface area contributed by atoms with E-state index in [1.807, 2.05) is 73.8 Å². The highest BCUT2D eigenvalue weighted by molar-refractivity contribution is 5.89. The van der Waals surface area contributed by atoms with Crippen LogP contribution in [0, 0.1) is 0 Å². The molecule has 1 aromatic heterocycles. The van der Waals surface area contributed by atoms with Gasteiger partial charge in [-0.15, -0.1) is 0 Å². The molecule has 0 saturated carbocycles. The van der Waals surface area contributed by atoms with Gasteiger partial charge in [0.05, 0.1) is 5.69 Å². The van der Waals surface area contributed by atoms with E-state index >= 15 is 0 Å². The average molecular weight is 390 g/mol. The summed E-state index contributed by atoms with van der Waals surface area (Å²) in [7, 11) is 2.02. The Labute approximate surface area is 171 Å². The monoisotopic (exact) mass is 390 g/mol. The molecule has 0 aliphatic rings. The minimum Gasteiger partial charge on any atom is -0.487 e. The quantitative estimate of drug-likeness (QED) is 0.602. The van der Waals surface area contributed by atoms with E-state index in [-0.39, 0.29) is 12.1 Å². The number of urea groups is 1. The summed E-state index contributed by atoms with van der Waals surface area (Å²) in [6.45, 7) is 2.96. The van der Waals surface area contributed by atoms with Crippen LogP contribution in [0.3, 0.4) is 0 Å². The molecular formula is C23H26N4O2. The number of rotatable bonds is 8. The molecule has 1 heterocycles. The lowest BCUT2D eigenvalue weighted by atomic mass is 10.2. The molecule has 0 aliphatic carbocycles. The van der Waals surface area contributed by atoms with Crippen LogP contribution in [-0.2, 0) is 6.61 Å². The molecule has 3 rings (SSSR count). The molecule has 6 nitrogen and oxygen atoms in total. The summed E-state index contributed by atoms with van der Waals surface area (Å²) in [5, 5.41) is 5.77. The van der Waals surface area contributed by atoms with Crippen LogP contribution in [0.5, 0.6) is 5.75 Å². The molecule has 150 valence electrons. The van der Waals surface area contributed by atoms with Crippen molar-refractivity contribution < 1.29 is 9.53 Å². The number of hydrogen-bond acceptors (Lipinski definition) is 4. The lowest BCUT2D eigenvalue weighted by Gasteiger charge is -2.27. The van der Waals surface area contributed by atoms with Crippen molar-refractivity contribution in [3.63, 3.8) is 0 Å². The Kier molecular flexibility index (Phi) is 7.05. The number of benzene rings is 2. The molecule has 1 unspecified atom stereocenters. The van der Waals surface area contributed by atoms with Gasteiger partial charge in [0, 0.05) is 43.3 Å². The Balaban J connectivity index is 1.47. The van der Waals surface area contributed by atoms with Crippen LogP contribution >= 0.6 is 0 Å². The Morgan fingerprint density at radius 2 is 1.86 bits per heavy atom. The number of likely N-dealkylation sites (N-methyl/N-ethyl adjacent to an activating group) is 1. The fourth-order valence-electron chi connectivity index (χ4n) is 2.77. The second kappa shape index (κ2) is 10.1. The lowest BCUT2D eigenvalue weighted by Crippen LogP contribution is -2.41. The summed E-state index contributed by atoms with van der Waals surface area (Å²) < 4.78 is 5.75. The van der Waals surface area contributed by atoms with Gasteiger partial charge < -0.3 is 20.3 Å². The molecule has 0 bridgehead atoms. The zero-order valence-corrected chi connectivity index (χ0v) is 16.7. The molecule has 0 fully saturated rings. The van der Waals surface area contributed by atoms with Crippen molar-refractivity contribution in [2.75, 3.05) is 23.8 Å². The first-order chi connectivity index (χ1) is 14.1. The first-order valence-corrected chi connectivity index (χ1v) is 9.57. The first-order valence-electron chi connectivity index (χ1n) is 9.57. The molecule has 1 atom stereocenters. The molecule has 0 saturated heterocycles. The van der Waals surface area contributed by atoms with E-state index in [0.717, 1.165) is 11.4 Å². The van der Waals surface area contributed by atoms with Gasteiger partial charge in [-0.3, -0.25) is 4.98 Å². The van der Waals surface area contributed by atoms with Gasteiger partial charge >= 0.3 is 6.03 Å². The maximum absolute atomic E-state index is 12.3. The van der Waals surface area contributed by atoms with Crippen molar-refractivity contribution in [2.24, 2.45) is 0 Å². The summed E-state index contributed by atoms with van der Waals surface area (Å²) in [6, 6.07) is 23.0. The maximum atomic E-state index is 12.3. The number of anilines is 2. The minimum absolute atomic E-state index is 0.149. The van der Waals surface area contributed by atoms with Gasteiger partial charge in [-0.25, -0.2) is 4.79 Å². The van der Waals surface area contributed by atoms with Crippen LogP contribution in [0.15, 0.2) is 79.0 Å². The van der Waals surface area contributed by atoms with Crippen molar-refractivity contribution in [3.8, 4) is 5.75 Å². The molecule has 3 aromatic rings. The number of ether oxygens (including phenoxy) is 1. The van der Waals surface area contributed by atoms with Gasteiger partial charge in [0.25, 0.3) is 0 Å². The molecular weight excluding hydrogens is 364 g/mol. The van der Waals surface area contributed by atoms with Crippen LogP contribution in [0.4, 0.5) is 16.2 Å². The van der Waals surface area contributed by atoms with E-state index in [2.05, 4.69) is 27.4 Å². The number of carbonyl (C=O) groups is 1. The van der Waals surface area contributed by atoms with Gasteiger partial charge in [0.1, 0.15) is 12.4 Å². The van der Waals surface area contributed by atoms with Gasteiger partial charge in [0.2, 0.25) is 0 Å². The Bertz CT molecular complexity index is 903. The molecule has 0 radical (unpaired) electrons. The number of amides is 2. The first kappa shape index (κ1) is 20.2. The Hall–Kier alpha value is -3.54. The Morgan fingerprint density at radius 1 is 1.07 bits per heavy atom. The highest BCUT2D eigenvalue weighted by Gasteiger charge is 2.11. The average Bonchev–Trinajstić information content (AvgIpc) is 2.77. The van der Waals surface area contributed by atoms with E-state index in [1.165, 1.54) is 0 Å². The second-order valence-corrected chi connectivity index (χ2v) is 6.77. The third-order valence-corrected chi connectivity index (χ3v) is 4.59. The predicted octanol–water partition coefficient (Wildman–Crippen LogP) is 4.31. The fourth-order valence-corrected chi connectivity index (χ4v) is 2.77. The van der Waals surface area contributed by atoms with Gasteiger partial charge in [-0.2, -0.15) is 0 Å². The van der Waals surface area contributed by atoms with Gasteiger partial charge in [-0.1, -0.05) is 30.3 Å². The number of aromatic nitrogens is 1. The number of nitrogens with zero attached hydrogens (tertiary/aromatic N) is 2. The molecule has 29 heavy (non-hydrogen) atoms. The standard InChI is InChI=1S/C23H26N4O2/c1-18(27(2)21-11-4-3-5-12-21)16-25-23(28)26-19-10-8-13-22(15-19)29-17-20-9-6-7-14-24-20/h3-15,18H,16-17H2,1-2H3,(H2,25,26,28). The molecule has 2 aromatic carbocycles. The van der Waals surface area contributed by atoms with E-state index in [0.29, 0.717) is 24.6 Å². The van der Waals surface area contributed by atoms with Crippen LogP contribution in [0.2, 0.25) is 0 Å². The van der Waals surface area contributed by atoms with Gasteiger partial charge in [0.15, 0.2) is 0 Å². The lowest BCUT2D eigenvalue weighted by molar-refractivity contribution is 0.251. The van der Waals surface area contributed by atoms with E-state index in [4.69, 9.17) is 4.74 Å². The topological polar surface area (TPSA) is 66.5 Å². The van der Waals surface area contributed by atoms with Crippen LogP contribution in [-0.4, -0.2) is 30.6 Å². The van der Waals surface area contributed by atoms with E-state index in [9.17, 15) is 4.79 Å². The summed E-state index contributed by atoms with van der Waals surface area (Å²) in [4.78, 5) is 18.6. The molecule has 0 aliphatic heterocycles. The highest BCUT2D eigenvalue weighted by Crippen LogP contribution is 2.18. The van der Waals surface area contributed by atoms with Crippen LogP contribution in [0.1, 0.15) is 12.6 Å². The zero-order chi connectivity index (χ0) is 20.5. The van der Waals surface area contributed by atoms with Crippen LogP contribution < -0.4 is 20.3 Å². The van der Waals surface area contributed by atoms with Crippen molar-refractivity contribution in [3.05, 3.63) is 84.7 Å². The predicted molar refractivity (Wildman–Crippen MR) is 116 cm³/mol. The number of pyridine rings is 1. The summed E-state index contributed by atoms with van der Waals surface area (Å²) >= 11 is 0. The SMILES string of the molecule is CC(CNC(=O)Nc1cccc(OCc2ccccn2)c1)N(C)c1ccccc1. The molecule has 2 N–H and O–H groups in total. The Morgan fingerprint density at radius 3 is 2.62 bits per heavy atom. The molecule has 2 amide bonds. The van der Waals surface area contributed by atoms with Crippen molar-refractivity contribution >= 4 is 17.4 Å². The summed E-state index contributed by atoms with van der Waals surface area (Å²) in [5.74, 6) is 0.672. The summed E-state index contributed by atoms with van der Waals surface area (Å²) in [5.41, 5.74) is 2.63. The van der Waals surface area contributed by atoms with Crippen molar-refractivity contribution in [1.82, 2.24) is 10.3 Å². The zero-order valence-electron chi connectivity index (χ0n) is 16.7. The number of nitrogens with one attached hydrogen (secondary N) is 2. The van der Waals surface area contributed by atoms with Gasteiger partial charge in [-0.05, 0) is 43.3 Å². The van der Waals surface area contributed by atoms with Crippen molar-refractivity contribution in [2.45, 2.75) is 19.6 Å². The highest BCUT2D eigenvalue weighted by atomic mass is 16.5. The van der Waals surface area contributed by atoms with Crippen LogP contribution in [0.25, 0.3) is 0 Å². The van der Waals surface area contributed by atoms with Crippen molar-refractivity contribution in [1.29, 1.82) is 0 Å². The van der Waals surface area contributed by atoms with E-state index in [1.54, 1.807) is 12.3 Å². The molecule has 6 heteroatoms. The maximum Gasteiger partial charge on any atom is 0.319 e. The third-order valence-electron chi connectivity index (χ3n) is 4.59. The minimum atomic E-state index is -0.250. The normalized spacial score (nSPS) is 11.4. The number of para-hydroxylation sites is 1. The number of hydrogen-bond donors (Lipinski definition) is 2.